The van der Waals surface area contributed by atoms with Crippen LogP contribution in [0.3, 0.4) is 0 Å². The number of fused-ring (bicyclic) bond motifs is 1. The zero-order valence-corrected chi connectivity index (χ0v) is 16.0. The quantitative estimate of drug-likeness (QED) is 0.565. The number of nitrogens with zero attached hydrogens (tertiary/aromatic N) is 4. The molecule has 0 aliphatic rings. The lowest BCUT2D eigenvalue weighted by Crippen LogP contribution is -2.18. The van der Waals surface area contributed by atoms with Gasteiger partial charge in [-0.25, -0.2) is 23.7 Å². The first-order valence-corrected chi connectivity index (χ1v) is 8.84. The van der Waals surface area contributed by atoms with Gasteiger partial charge in [0.25, 0.3) is 0 Å². The van der Waals surface area contributed by atoms with E-state index in [-0.39, 0.29) is 17.2 Å². The van der Waals surface area contributed by atoms with Gasteiger partial charge in [-0.15, -0.1) is 0 Å². The van der Waals surface area contributed by atoms with Crippen molar-refractivity contribution in [1.29, 1.82) is 0 Å². The Hall–Kier alpha value is -3.39. The number of hydrogen-bond donors (Lipinski definition) is 1. The number of rotatable bonds is 4. The zero-order chi connectivity index (χ0) is 20.8. The number of halogens is 2. The Kier molecular flexibility index (Phi) is 4.50. The van der Waals surface area contributed by atoms with Gasteiger partial charge in [0.15, 0.2) is 11.5 Å². The van der Waals surface area contributed by atoms with Crippen molar-refractivity contribution in [2.75, 3.05) is 7.11 Å². The second-order valence-electron chi connectivity index (χ2n) is 7.09. The average Bonchev–Trinajstić information content (AvgIpc) is 3.13. The topological polar surface area (TPSA) is 72.5 Å². The summed E-state index contributed by atoms with van der Waals surface area (Å²) in [5, 5.41) is 10.1. The van der Waals surface area contributed by atoms with Crippen molar-refractivity contribution in [3.8, 4) is 28.4 Å². The number of imidazole rings is 1. The van der Waals surface area contributed by atoms with Gasteiger partial charge in [0.2, 0.25) is 0 Å². The predicted octanol–water partition coefficient (Wildman–Crippen LogP) is 3.97. The van der Waals surface area contributed by atoms with Crippen LogP contribution in [0.4, 0.5) is 8.78 Å². The molecule has 0 amide bonds. The minimum atomic E-state index is -1.34. The fraction of sp³-hybridized carbons (Fsp3) is 0.190. The number of methoxy groups -OCH3 is 1. The second-order valence-corrected chi connectivity index (χ2v) is 7.09. The number of aromatic nitrogens is 4. The van der Waals surface area contributed by atoms with E-state index in [1.165, 1.54) is 51.7 Å². The van der Waals surface area contributed by atoms with Gasteiger partial charge in [-0.05, 0) is 38.1 Å². The third-order valence-electron chi connectivity index (χ3n) is 4.66. The standard InChI is InChI=1S/C21H18F2N4O2/c1-21(2,28)15-6-7-27-17(11-24-19(27)18(15)23)12-4-5-16(22)14(8-12)13-9-25-20(29-3)26-10-13/h4-11,28H,1-3H3. The van der Waals surface area contributed by atoms with Crippen molar-refractivity contribution in [1.82, 2.24) is 19.4 Å². The van der Waals surface area contributed by atoms with Gasteiger partial charge in [0.1, 0.15) is 5.82 Å². The van der Waals surface area contributed by atoms with Gasteiger partial charge in [0.05, 0.1) is 24.6 Å². The Morgan fingerprint density at radius 2 is 1.72 bits per heavy atom. The highest BCUT2D eigenvalue weighted by atomic mass is 19.1. The molecule has 4 rings (SSSR count). The van der Waals surface area contributed by atoms with Crippen LogP contribution >= 0.6 is 0 Å². The van der Waals surface area contributed by atoms with Crippen molar-refractivity contribution in [2.24, 2.45) is 0 Å². The second kappa shape index (κ2) is 6.89. The summed E-state index contributed by atoms with van der Waals surface area (Å²) in [7, 11) is 1.45. The Balaban J connectivity index is 1.83. The van der Waals surface area contributed by atoms with Gasteiger partial charge < -0.3 is 9.84 Å². The summed E-state index contributed by atoms with van der Waals surface area (Å²) in [6.45, 7) is 3.02. The first-order chi connectivity index (χ1) is 13.8. The lowest BCUT2D eigenvalue weighted by atomic mass is 9.99. The molecule has 4 aromatic rings. The highest BCUT2D eigenvalue weighted by Gasteiger charge is 2.24. The van der Waals surface area contributed by atoms with E-state index in [2.05, 4.69) is 15.0 Å². The lowest BCUT2D eigenvalue weighted by molar-refractivity contribution is 0.0746. The van der Waals surface area contributed by atoms with Crippen LogP contribution in [0, 0.1) is 11.6 Å². The van der Waals surface area contributed by atoms with Crippen molar-refractivity contribution in [3.63, 3.8) is 0 Å². The smallest absolute Gasteiger partial charge is 0.316 e. The van der Waals surface area contributed by atoms with Gasteiger partial charge in [0, 0.05) is 40.8 Å². The minimum Gasteiger partial charge on any atom is -0.467 e. The highest BCUT2D eigenvalue weighted by molar-refractivity contribution is 5.72. The van der Waals surface area contributed by atoms with Crippen LogP contribution < -0.4 is 4.74 Å². The Morgan fingerprint density at radius 1 is 1.00 bits per heavy atom. The Morgan fingerprint density at radius 3 is 2.38 bits per heavy atom. The summed E-state index contributed by atoms with van der Waals surface area (Å²) in [4.78, 5) is 12.2. The van der Waals surface area contributed by atoms with Crippen molar-refractivity contribution in [3.05, 3.63) is 66.3 Å². The molecule has 0 saturated heterocycles. The normalized spacial score (nSPS) is 11.8. The van der Waals surface area contributed by atoms with Crippen LogP contribution in [0.2, 0.25) is 0 Å². The Labute approximate surface area is 165 Å². The molecular weight excluding hydrogens is 378 g/mol. The molecule has 3 aromatic heterocycles. The fourth-order valence-corrected chi connectivity index (χ4v) is 3.17. The van der Waals surface area contributed by atoms with Gasteiger partial charge >= 0.3 is 6.01 Å². The summed E-state index contributed by atoms with van der Waals surface area (Å²) < 4.78 is 35.8. The van der Waals surface area contributed by atoms with Crippen molar-refractivity contribution in [2.45, 2.75) is 19.4 Å². The molecule has 0 fully saturated rings. The van der Waals surface area contributed by atoms with Gasteiger partial charge in [-0.3, -0.25) is 4.40 Å². The monoisotopic (exact) mass is 396 g/mol. The maximum absolute atomic E-state index is 14.8. The maximum Gasteiger partial charge on any atom is 0.316 e. The molecule has 0 atom stereocenters. The molecule has 0 spiro atoms. The molecule has 0 saturated carbocycles. The van der Waals surface area contributed by atoms with Gasteiger partial charge in [-0.1, -0.05) is 0 Å². The van der Waals surface area contributed by atoms with E-state index in [1.54, 1.807) is 22.7 Å². The molecule has 3 heterocycles. The number of benzene rings is 1. The summed E-state index contributed by atoms with van der Waals surface area (Å²) in [6.07, 6.45) is 6.08. The van der Waals surface area contributed by atoms with E-state index in [1.807, 2.05) is 0 Å². The maximum atomic E-state index is 14.8. The molecule has 1 aromatic carbocycles. The van der Waals surface area contributed by atoms with E-state index in [0.717, 1.165) is 0 Å². The number of hydrogen-bond acceptors (Lipinski definition) is 5. The molecule has 29 heavy (non-hydrogen) atoms. The van der Waals surface area contributed by atoms with Crippen LogP contribution in [-0.4, -0.2) is 31.6 Å². The summed E-state index contributed by atoms with van der Waals surface area (Å²) in [5.74, 6) is -1.04. The molecular formula is C21H18F2N4O2. The van der Waals surface area contributed by atoms with Crippen molar-refractivity contribution < 1.29 is 18.6 Å². The van der Waals surface area contributed by atoms with E-state index in [4.69, 9.17) is 4.74 Å². The summed E-state index contributed by atoms with van der Waals surface area (Å²) in [6, 6.07) is 6.25. The first kappa shape index (κ1) is 18.9. The largest absolute Gasteiger partial charge is 0.467 e. The first-order valence-electron chi connectivity index (χ1n) is 8.84. The predicted molar refractivity (Wildman–Crippen MR) is 103 cm³/mol. The molecule has 0 aliphatic carbocycles. The zero-order valence-electron chi connectivity index (χ0n) is 16.0. The third kappa shape index (κ3) is 3.31. The average molecular weight is 396 g/mol. The molecule has 0 radical (unpaired) electrons. The van der Waals surface area contributed by atoms with E-state index < -0.39 is 17.2 Å². The number of aliphatic hydroxyl groups is 1. The van der Waals surface area contributed by atoms with E-state index in [0.29, 0.717) is 22.4 Å². The SMILES string of the molecule is COc1ncc(-c2cc(-c3cnc4c(F)c(C(C)(C)O)ccn34)ccc2F)cn1. The number of pyridine rings is 1. The van der Waals surface area contributed by atoms with Crippen LogP contribution in [0.15, 0.2) is 49.1 Å². The molecule has 0 aliphatic heterocycles. The molecule has 6 nitrogen and oxygen atoms in total. The fourth-order valence-electron chi connectivity index (χ4n) is 3.17. The van der Waals surface area contributed by atoms with Crippen LogP contribution in [0.25, 0.3) is 28.0 Å². The van der Waals surface area contributed by atoms with E-state index >= 15 is 0 Å². The highest BCUT2D eigenvalue weighted by Crippen LogP contribution is 2.31. The molecule has 0 bridgehead atoms. The van der Waals surface area contributed by atoms with Crippen LogP contribution in [0.5, 0.6) is 6.01 Å². The molecule has 1 N–H and O–H groups in total. The summed E-state index contributed by atoms with van der Waals surface area (Å²) >= 11 is 0. The minimum absolute atomic E-state index is 0.0817. The van der Waals surface area contributed by atoms with Crippen molar-refractivity contribution >= 4 is 5.65 Å². The van der Waals surface area contributed by atoms with Gasteiger partial charge in [-0.2, -0.15) is 0 Å². The van der Waals surface area contributed by atoms with Crippen LogP contribution in [-0.2, 0) is 5.60 Å². The third-order valence-corrected chi connectivity index (χ3v) is 4.66. The number of ether oxygens (including phenoxy) is 1. The lowest BCUT2D eigenvalue weighted by Gasteiger charge is -2.18. The molecule has 0 unspecified atom stereocenters. The summed E-state index contributed by atoms with van der Waals surface area (Å²) in [5.41, 5.74) is 0.894. The Bertz CT molecular complexity index is 1200. The molecule has 8 heteroatoms. The molecule has 148 valence electrons. The van der Waals surface area contributed by atoms with Crippen LogP contribution in [0.1, 0.15) is 19.4 Å². The van der Waals surface area contributed by atoms with E-state index in [9.17, 15) is 13.9 Å².